The molecule has 1 aromatic rings. The zero-order valence-corrected chi connectivity index (χ0v) is 10.8. The van der Waals surface area contributed by atoms with Gasteiger partial charge < -0.3 is 5.32 Å². The number of nitrogens with one attached hydrogen (secondary N) is 1. The first kappa shape index (κ1) is 12.1. The Morgan fingerprint density at radius 3 is 3.12 bits per heavy atom. The number of nitriles is 1. The van der Waals surface area contributed by atoms with Gasteiger partial charge in [-0.05, 0) is 33.1 Å². The quantitative estimate of drug-likeness (QED) is 0.866. The van der Waals surface area contributed by atoms with Crippen LogP contribution in [0, 0.1) is 16.7 Å². The molecule has 4 nitrogen and oxygen atoms in total. The minimum absolute atomic E-state index is 0.306. The molecule has 0 fully saturated rings. The normalized spacial score (nSPS) is 19.8. The minimum atomic E-state index is -0.306. The van der Waals surface area contributed by atoms with Gasteiger partial charge in [-0.25, -0.2) is 0 Å². The smallest absolute Gasteiger partial charge is 0.0697 e. The van der Waals surface area contributed by atoms with Crippen molar-refractivity contribution in [3.8, 4) is 6.07 Å². The van der Waals surface area contributed by atoms with Crippen molar-refractivity contribution in [2.24, 2.45) is 12.5 Å². The van der Waals surface area contributed by atoms with Gasteiger partial charge in [0.2, 0.25) is 0 Å². The van der Waals surface area contributed by atoms with E-state index in [2.05, 4.69) is 16.5 Å². The maximum Gasteiger partial charge on any atom is 0.0697 e. The Hall–Kier alpha value is -1.34. The van der Waals surface area contributed by atoms with E-state index < -0.39 is 0 Å². The van der Waals surface area contributed by atoms with Crippen LogP contribution in [0.2, 0.25) is 0 Å². The van der Waals surface area contributed by atoms with Crippen LogP contribution in [0.3, 0.4) is 0 Å². The number of hydrogen-bond donors (Lipinski definition) is 1. The Kier molecular flexibility index (Phi) is 3.21. The molecule has 0 aromatic carbocycles. The summed E-state index contributed by atoms with van der Waals surface area (Å²) >= 11 is 0. The first-order chi connectivity index (χ1) is 8.03. The summed E-state index contributed by atoms with van der Waals surface area (Å²) in [4.78, 5) is 0. The van der Waals surface area contributed by atoms with E-state index in [0.29, 0.717) is 6.04 Å². The Morgan fingerprint density at radius 2 is 2.41 bits per heavy atom. The summed E-state index contributed by atoms with van der Waals surface area (Å²) in [6, 6.07) is 2.69. The van der Waals surface area contributed by atoms with Crippen LogP contribution in [0.15, 0.2) is 6.20 Å². The van der Waals surface area contributed by atoms with Crippen LogP contribution in [0.5, 0.6) is 0 Å². The van der Waals surface area contributed by atoms with Gasteiger partial charge in [0.1, 0.15) is 0 Å². The van der Waals surface area contributed by atoms with Crippen LogP contribution in [0.1, 0.15) is 44.0 Å². The lowest BCUT2D eigenvalue weighted by atomic mass is 9.90. The van der Waals surface area contributed by atoms with Gasteiger partial charge in [-0.2, -0.15) is 10.4 Å². The van der Waals surface area contributed by atoms with Crippen molar-refractivity contribution >= 4 is 0 Å². The summed E-state index contributed by atoms with van der Waals surface area (Å²) in [6.45, 7) is 4.66. The maximum absolute atomic E-state index is 9.02. The third-order valence-corrected chi connectivity index (χ3v) is 3.47. The van der Waals surface area contributed by atoms with Gasteiger partial charge in [0.15, 0.2) is 0 Å². The molecule has 1 aliphatic rings. The van der Waals surface area contributed by atoms with Crippen LogP contribution in [-0.4, -0.2) is 16.3 Å². The second-order valence-corrected chi connectivity index (χ2v) is 5.49. The number of nitrogens with zero attached hydrogens (tertiary/aromatic N) is 3. The van der Waals surface area contributed by atoms with E-state index in [0.717, 1.165) is 19.4 Å². The molecule has 1 unspecified atom stereocenters. The van der Waals surface area contributed by atoms with Crippen LogP contribution in [0.4, 0.5) is 0 Å². The monoisotopic (exact) mass is 232 g/mol. The van der Waals surface area contributed by atoms with Gasteiger partial charge in [-0.1, -0.05) is 0 Å². The molecule has 17 heavy (non-hydrogen) atoms. The fourth-order valence-corrected chi connectivity index (χ4v) is 2.34. The average molecular weight is 232 g/mol. The Bertz CT molecular complexity index is 439. The van der Waals surface area contributed by atoms with E-state index in [1.165, 1.54) is 17.7 Å². The van der Waals surface area contributed by atoms with Gasteiger partial charge >= 0.3 is 0 Å². The highest BCUT2D eigenvalue weighted by atomic mass is 15.3. The fourth-order valence-electron chi connectivity index (χ4n) is 2.34. The molecule has 0 radical (unpaired) electrons. The predicted molar refractivity (Wildman–Crippen MR) is 66.3 cm³/mol. The SMILES string of the molecule is Cn1ncc2c1CCCC2NCC(C)(C)C#N. The number of aryl methyl sites for hydroxylation is 1. The highest BCUT2D eigenvalue weighted by Gasteiger charge is 2.25. The van der Waals surface area contributed by atoms with Crippen molar-refractivity contribution < 1.29 is 0 Å². The summed E-state index contributed by atoms with van der Waals surface area (Å²) in [5.74, 6) is 0. The summed E-state index contributed by atoms with van der Waals surface area (Å²) in [7, 11) is 2.00. The van der Waals surface area contributed by atoms with Gasteiger partial charge in [-0.3, -0.25) is 4.68 Å². The maximum atomic E-state index is 9.02. The molecule has 1 heterocycles. The Morgan fingerprint density at radius 1 is 1.65 bits per heavy atom. The Labute approximate surface area is 103 Å². The summed E-state index contributed by atoms with van der Waals surface area (Å²) in [6.07, 6.45) is 5.41. The molecule has 1 N–H and O–H groups in total. The van der Waals surface area contributed by atoms with E-state index in [-0.39, 0.29) is 5.41 Å². The number of hydrogen-bond acceptors (Lipinski definition) is 3. The number of fused-ring (bicyclic) bond motifs is 1. The van der Waals surface area contributed by atoms with Gasteiger partial charge in [0.25, 0.3) is 0 Å². The largest absolute Gasteiger partial charge is 0.308 e. The molecule has 92 valence electrons. The van der Waals surface area contributed by atoms with Crippen LogP contribution in [0.25, 0.3) is 0 Å². The molecular weight excluding hydrogens is 212 g/mol. The van der Waals surface area contributed by atoms with E-state index in [4.69, 9.17) is 5.26 Å². The summed E-state index contributed by atoms with van der Waals surface area (Å²) in [5, 5.41) is 16.8. The molecule has 0 amide bonds. The van der Waals surface area contributed by atoms with Crippen LogP contribution >= 0.6 is 0 Å². The van der Waals surface area contributed by atoms with Crippen LogP contribution < -0.4 is 5.32 Å². The van der Waals surface area contributed by atoms with Crippen molar-refractivity contribution in [2.45, 2.75) is 39.2 Å². The molecule has 1 atom stereocenters. The lowest BCUT2D eigenvalue weighted by molar-refractivity contribution is 0.376. The zero-order valence-electron chi connectivity index (χ0n) is 10.8. The van der Waals surface area contributed by atoms with Gasteiger partial charge in [0.05, 0.1) is 17.7 Å². The second-order valence-electron chi connectivity index (χ2n) is 5.49. The molecular formula is C13H20N4. The van der Waals surface area contributed by atoms with E-state index in [1.807, 2.05) is 31.8 Å². The highest BCUT2D eigenvalue weighted by molar-refractivity contribution is 5.24. The van der Waals surface area contributed by atoms with Crippen molar-refractivity contribution in [1.82, 2.24) is 15.1 Å². The molecule has 0 aliphatic heterocycles. The summed E-state index contributed by atoms with van der Waals surface area (Å²) in [5.41, 5.74) is 2.34. The van der Waals surface area contributed by atoms with E-state index in [9.17, 15) is 0 Å². The molecule has 0 saturated carbocycles. The second kappa shape index (κ2) is 4.50. The molecule has 1 aliphatic carbocycles. The minimum Gasteiger partial charge on any atom is -0.308 e. The molecule has 1 aromatic heterocycles. The first-order valence-electron chi connectivity index (χ1n) is 6.19. The lowest BCUT2D eigenvalue weighted by Crippen LogP contribution is -2.33. The fraction of sp³-hybridized carbons (Fsp3) is 0.692. The van der Waals surface area contributed by atoms with Gasteiger partial charge in [0, 0.05) is 30.9 Å². The molecule has 0 spiro atoms. The van der Waals surface area contributed by atoms with Crippen molar-refractivity contribution in [3.05, 3.63) is 17.5 Å². The van der Waals surface area contributed by atoms with Crippen LogP contribution in [-0.2, 0) is 13.5 Å². The first-order valence-corrected chi connectivity index (χ1v) is 6.19. The Balaban J connectivity index is 2.07. The van der Waals surface area contributed by atoms with E-state index in [1.54, 1.807) is 0 Å². The number of aromatic nitrogens is 2. The predicted octanol–water partition coefficient (Wildman–Crippen LogP) is 1.94. The van der Waals surface area contributed by atoms with Gasteiger partial charge in [-0.15, -0.1) is 0 Å². The van der Waals surface area contributed by atoms with Crippen molar-refractivity contribution in [2.75, 3.05) is 6.54 Å². The molecule has 0 bridgehead atoms. The third-order valence-electron chi connectivity index (χ3n) is 3.47. The summed E-state index contributed by atoms with van der Waals surface area (Å²) < 4.78 is 1.97. The molecule has 4 heteroatoms. The molecule has 0 saturated heterocycles. The lowest BCUT2D eigenvalue weighted by Gasteiger charge is -2.26. The third kappa shape index (κ3) is 2.50. The van der Waals surface area contributed by atoms with E-state index >= 15 is 0 Å². The molecule has 2 rings (SSSR count). The average Bonchev–Trinajstić information content (AvgIpc) is 2.70. The van der Waals surface area contributed by atoms with Crippen molar-refractivity contribution in [1.29, 1.82) is 5.26 Å². The number of rotatable bonds is 3. The standard InChI is InChI=1S/C13H20N4/c1-13(2,8-14)9-15-11-5-4-6-12-10(11)7-16-17(12)3/h7,11,15H,4-6,9H2,1-3H3. The highest BCUT2D eigenvalue weighted by Crippen LogP contribution is 2.29. The topological polar surface area (TPSA) is 53.6 Å². The zero-order chi connectivity index (χ0) is 12.5. The van der Waals surface area contributed by atoms with Crippen molar-refractivity contribution in [3.63, 3.8) is 0 Å².